The number of benzene rings is 2. The van der Waals surface area contributed by atoms with E-state index in [1.54, 1.807) is 6.92 Å². The lowest BCUT2D eigenvalue weighted by molar-refractivity contribution is -0.114. The number of nitrogens with zero attached hydrogens (tertiary/aromatic N) is 1. The monoisotopic (exact) mass is 507 g/mol. The summed E-state index contributed by atoms with van der Waals surface area (Å²) in [5.41, 5.74) is 2.06. The molecule has 0 aromatic heterocycles. The highest BCUT2D eigenvalue weighted by Crippen LogP contribution is 2.30. The molecule has 0 unspecified atom stereocenters. The quantitative estimate of drug-likeness (QED) is 0.508. The van der Waals surface area contributed by atoms with Crippen molar-refractivity contribution in [3.05, 3.63) is 48.0 Å². The number of morpholine rings is 1. The third-order valence-electron chi connectivity index (χ3n) is 4.93. The van der Waals surface area contributed by atoms with Crippen LogP contribution < -0.4 is 15.4 Å². The fourth-order valence-electron chi connectivity index (χ4n) is 3.24. The molecule has 3 rings (SSSR count). The maximum atomic E-state index is 13.0. The van der Waals surface area contributed by atoms with Crippen molar-refractivity contribution in [1.29, 1.82) is 0 Å². The van der Waals surface area contributed by atoms with Gasteiger partial charge in [-0.25, -0.2) is 8.42 Å². The van der Waals surface area contributed by atoms with Crippen LogP contribution in [0.15, 0.2) is 47.4 Å². The van der Waals surface area contributed by atoms with Gasteiger partial charge in [0.25, 0.3) is 0 Å². The second-order valence-electron chi connectivity index (χ2n) is 7.56. The fourth-order valence-corrected chi connectivity index (χ4v) is 5.29. The summed E-state index contributed by atoms with van der Waals surface area (Å²) in [6, 6.07) is 11.8. The molecule has 2 amide bonds. The largest absolute Gasteiger partial charge is 0.492 e. The van der Waals surface area contributed by atoms with E-state index in [0.717, 1.165) is 17.3 Å². The summed E-state index contributed by atoms with van der Waals surface area (Å²) >= 11 is 1.16. The molecule has 9 nitrogen and oxygen atoms in total. The highest BCUT2D eigenvalue weighted by atomic mass is 32.2. The van der Waals surface area contributed by atoms with Crippen LogP contribution in [0.5, 0.6) is 5.75 Å². The molecule has 11 heteroatoms. The van der Waals surface area contributed by atoms with Gasteiger partial charge in [0.2, 0.25) is 21.8 Å². The number of hydrogen-bond donors (Lipinski definition) is 2. The Bertz CT molecular complexity index is 1100. The van der Waals surface area contributed by atoms with Crippen molar-refractivity contribution in [1.82, 2.24) is 4.31 Å². The highest BCUT2D eigenvalue weighted by Gasteiger charge is 2.27. The zero-order valence-corrected chi connectivity index (χ0v) is 20.8. The molecule has 1 fully saturated rings. The molecule has 2 aromatic carbocycles. The van der Waals surface area contributed by atoms with Crippen LogP contribution >= 0.6 is 11.8 Å². The number of carbonyl (C=O) groups excluding carboxylic acids is 2. The van der Waals surface area contributed by atoms with Crippen molar-refractivity contribution < 1.29 is 27.5 Å². The Hall–Kier alpha value is -2.60. The molecule has 184 valence electrons. The number of rotatable bonds is 10. The van der Waals surface area contributed by atoms with Crippen LogP contribution in [0.25, 0.3) is 0 Å². The summed E-state index contributed by atoms with van der Waals surface area (Å²) < 4.78 is 38.1. The average molecular weight is 508 g/mol. The van der Waals surface area contributed by atoms with E-state index in [0.29, 0.717) is 31.3 Å². The SMILES string of the molecule is CCOc1ccc(S(=O)(=O)N2CCOCC2)cc1NC(=O)CSCC(=O)Nc1ccc(C)cc1. The van der Waals surface area contributed by atoms with Crippen molar-refractivity contribution in [2.75, 3.05) is 55.0 Å². The number of nitrogens with one attached hydrogen (secondary N) is 2. The summed E-state index contributed by atoms with van der Waals surface area (Å²) in [6.45, 7) is 5.35. The fraction of sp³-hybridized carbons (Fsp3) is 0.391. The molecule has 2 aromatic rings. The maximum absolute atomic E-state index is 13.0. The Kier molecular flexibility index (Phi) is 9.34. The first kappa shape index (κ1) is 26.0. The number of hydrogen-bond acceptors (Lipinski definition) is 7. The van der Waals surface area contributed by atoms with Gasteiger partial charge in [0.15, 0.2) is 0 Å². The van der Waals surface area contributed by atoms with Crippen molar-refractivity contribution >= 4 is 45.0 Å². The van der Waals surface area contributed by atoms with Crippen LogP contribution in [-0.4, -0.2) is 69.0 Å². The second-order valence-corrected chi connectivity index (χ2v) is 10.5. The van der Waals surface area contributed by atoms with Gasteiger partial charge in [0, 0.05) is 18.8 Å². The Morgan fingerprint density at radius 3 is 2.32 bits per heavy atom. The number of amides is 2. The van der Waals surface area contributed by atoms with E-state index < -0.39 is 10.0 Å². The molecule has 1 aliphatic heterocycles. The number of sulfonamides is 1. The Balaban J connectivity index is 1.60. The third-order valence-corrected chi connectivity index (χ3v) is 7.76. The van der Waals surface area contributed by atoms with Crippen LogP contribution in [0.2, 0.25) is 0 Å². The molecule has 0 atom stereocenters. The summed E-state index contributed by atoms with van der Waals surface area (Å²) in [5, 5.41) is 5.50. The summed E-state index contributed by atoms with van der Waals surface area (Å²) in [6.07, 6.45) is 0. The Morgan fingerprint density at radius 2 is 1.68 bits per heavy atom. The lowest BCUT2D eigenvalue weighted by Crippen LogP contribution is -2.40. The van der Waals surface area contributed by atoms with E-state index >= 15 is 0 Å². The minimum absolute atomic E-state index is 0.0212. The minimum Gasteiger partial charge on any atom is -0.492 e. The van der Waals surface area contributed by atoms with Gasteiger partial charge in [-0.3, -0.25) is 9.59 Å². The van der Waals surface area contributed by atoms with Gasteiger partial charge >= 0.3 is 0 Å². The molecule has 0 saturated carbocycles. The average Bonchev–Trinajstić information content (AvgIpc) is 2.82. The molecule has 1 aliphatic rings. The lowest BCUT2D eigenvalue weighted by Gasteiger charge is -2.26. The highest BCUT2D eigenvalue weighted by molar-refractivity contribution is 8.00. The zero-order valence-electron chi connectivity index (χ0n) is 19.2. The van der Waals surface area contributed by atoms with Gasteiger partial charge in [-0.1, -0.05) is 17.7 Å². The van der Waals surface area contributed by atoms with Gasteiger partial charge < -0.3 is 20.1 Å². The van der Waals surface area contributed by atoms with Gasteiger partial charge in [0.1, 0.15) is 5.75 Å². The number of aryl methyl sites for hydroxylation is 1. The molecule has 0 aliphatic carbocycles. The van der Waals surface area contributed by atoms with E-state index in [1.807, 2.05) is 31.2 Å². The molecule has 1 saturated heterocycles. The van der Waals surface area contributed by atoms with E-state index in [1.165, 1.54) is 22.5 Å². The van der Waals surface area contributed by atoms with E-state index in [4.69, 9.17) is 9.47 Å². The summed E-state index contributed by atoms with van der Waals surface area (Å²) in [5.74, 6) is -0.0811. The first-order chi connectivity index (χ1) is 16.3. The van der Waals surface area contributed by atoms with Gasteiger partial charge in [-0.2, -0.15) is 4.31 Å². The molecule has 0 radical (unpaired) electrons. The van der Waals surface area contributed by atoms with Crippen molar-refractivity contribution in [3.63, 3.8) is 0 Å². The van der Waals surface area contributed by atoms with Crippen LogP contribution in [0, 0.1) is 6.92 Å². The Morgan fingerprint density at radius 1 is 1.03 bits per heavy atom. The molecular formula is C23H29N3O6S2. The first-order valence-corrected chi connectivity index (χ1v) is 13.5. The third kappa shape index (κ3) is 7.20. The normalized spacial score (nSPS) is 14.4. The number of carbonyl (C=O) groups is 2. The van der Waals surface area contributed by atoms with Crippen molar-refractivity contribution in [3.8, 4) is 5.75 Å². The molecule has 34 heavy (non-hydrogen) atoms. The van der Waals surface area contributed by atoms with Gasteiger partial charge in [0.05, 0.1) is 41.9 Å². The molecule has 2 N–H and O–H groups in total. The van der Waals surface area contributed by atoms with Crippen molar-refractivity contribution in [2.45, 2.75) is 18.7 Å². The zero-order chi connectivity index (χ0) is 24.6. The number of ether oxygens (including phenoxy) is 2. The Labute approximate surface area is 204 Å². The predicted octanol–water partition coefficient (Wildman–Crippen LogP) is 2.73. The van der Waals surface area contributed by atoms with E-state index in [-0.39, 0.29) is 47.0 Å². The van der Waals surface area contributed by atoms with Crippen LogP contribution in [0.3, 0.4) is 0 Å². The number of anilines is 2. The first-order valence-electron chi connectivity index (χ1n) is 10.9. The second kappa shape index (κ2) is 12.2. The van der Waals surface area contributed by atoms with Crippen LogP contribution in [0.4, 0.5) is 11.4 Å². The van der Waals surface area contributed by atoms with E-state index in [2.05, 4.69) is 10.6 Å². The summed E-state index contributed by atoms with van der Waals surface area (Å²) in [4.78, 5) is 24.7. The molecule has 1 heterocycles. The summed E-state index contributed by atoms with van der Waals surface area (Å²) in [7, 11) is -3.72. The standard InChI is InChI=1S/C23H29N3O6S2/c1-3-32-21-9-8-19(34(29,30)26-10-12-31-13-11-26)14-20(21)25-23(28)16-33-15-22(27)24-18-6-4-17(2)5-7-18/h4-9,14H,3,10-13,15-16H2,1-2H3,(H,24,27)(H,25,28). The molecular weight excluding hydrogens is 478 g/mol. The minimum atomic E-state index is -3.72. The molecule has 0 spiro atoms. The van der Waals surface area contributed by atoms with E-state index in [9.17, 15) is 18.0 Å². The van der Waals surface area contributed by atoms with Gasteiger partial charge in [-0.05, 0) is 44.2 Å². The van der Waals surface area contributed by atoms with Crippen molar-refractivity contribution in [2.24, 2.45) is 0 Å². The maximum Gasteiger partial charge on any atom is 0.243 e. The number of thioether (sulfide) groups is 1. The van der Waals surface area contributed by atoms with Crippen LogP contribution in [-0.2, 0) is 24.3 Å². The van der Waals surface area contributed by atoms with Gasteiger partial charge in [-0.15, -0.1) is 11.8 Å². The molecule has 0 bridgehead atoms. The predicted molar refractivity (Wildman–Crippen MR) is 133 cm³/mol. The topological polar surface area (TPSA) is 114 Å². The smallest absolute Gasteiger partial charge is 0.243 e. The lowest BCUT2D eigenvalue weighted by atomic mass is 10.2. The van der Waals surface area contributed by atoms with Crippen LogP contribution in [0.1, 0.15) is 12.5 Å².